The lowest BCUT2D eigenvalue weighted by molar-refractivity contribution is 0.867. The molecule has 2 heterocycles. The van der Waals surface area contributed by atoms with Gasteiger partial charge in [-0.15, -0.1) is 0 Å². The molecule has 0 radical (unpaired) electrons. The van der Waals surface area contributed by atoms with Crippen LogP contribution in [0.2, 0.25) is 0 Å². The first-order valence-electron chi connectivity index (χ1n) is 12.9. The van der Waals surface area contributed by atoms with E-state index in [1.807, 2.05) is 26.0 Å². The first kappa shape index (κ1) is 23.9. The van der Waals surface area contributed by atoms with E-state index in [0.29, 0.717) is 11.0 Å². The molecule has 0 N–H and O–H groups in total. The largest absolute Gasteiger partial charge is 0.284 e. The summed E-state index contributed by atoms with van der Waals surface area (Å²) in [6.45, 7) is 12.4. The SMILES string of the molecule is Cc1cc2cc(C)c(-n3nc(C)c4ncn(-c5ccc(-c6ccccc6C)cc5C)c(=O)c43)cc2cc1C. The molecule has 0 fully saturated rings. The minimum Gasteiger partial charge on any atom is -0.266 e. The Morgan fingerprint density at radius 2 is 1.32 bits per heavy atom. The number of aryl methyl sites for hydroxylation is 6. The number of nitrogens with zero attached hydrogens (tertiary/aromatic N) is 4. The molecule has 0 amide bonds. The molecule has 2 aromatic heterocycles. The molecule has 0 aliphatic rings. The van der Waals surface area contributed by atoms with Gasteiger partial charge < -0.3 is 0 Å². The van der Waals surface area contributed by atoms with Crippen molar-refractivity contribution in [3.8, 4) is 22.5 Å². The molecular weight excluding hydrogens is 468 g/mol. The van der Waals surface area contributed by atoms with Crippen molar-refractivity contribution >= 4 is 21.8 Å². The highest BCUT2D eigenvalue weighted by molar-refractivity contribution is 5.88. The molecule has 38 heavy (non-hydrogen) atoms. The first-order valence-corrected chi connectivity index (χ1v) is 12.9. The van der Waals surface area contributed by atoms with E-state index in [9.17, 15) is 4.79 Å². The summed E-state index contributed by atoms with van der Waals surface area (Å²) >= 11 is 0. The third kappa shape index (κ3) is 3.74. The van der Waals surface area contributed by atoms with Crippen LogP contribution in [0.1, 0.15) is 33.5 Å². The van der Waals surface area contributed by atoms with Crippen molar-refractivity contribution in [1.29, 1.82) is 0 Å². The van der Waals surface area contributed by atoms with E-state index in [1.54, 1.807) is 15.6 Å². The van der Waals surface area contributed by atoms with Gasteiger partial charge >= 0.3 is 0 Å². The fraction of sp³-hybridized carbons (Fsp3) is 0.182. The zero-order valence-corrected chi connectivity index (χ0v) is 22.6. The lowest BCUT2D eigenvalue weighted by Crippen LogP contribution is -2.22. The standard InChI is InChI=1S/C33H30N4O/c1-19-9-7-8-10-28(19)25-11-12-29(22(4)15-25)36-18-34-31-24(6)35-37(32(31)33(36)38)30-17-27-14-21(3)20(2)13-26(27)16-23(30)5/h7-18H,1-6H3. The molecule has 5 nitrogen and oxygen atoms in total. The molecule has 6 rings (SSSR count). The Morgan fingerprint density at radius 3 is 2.03 bits per heavy atom. The van der Waals surface area contributed by atoms with E-state index in [-0.39, 0.29) is 5.56 Å². The van der Waals surface area contributed by atoms with Crippen LogP contribution in [-0.2, 0) is 0 Å². The van der Waals surface area contributed by atoms with E-state index in [2.05, 4.69) is 82.3 Å². The maximum absolute atomic E-state index is 14.0. The zero-order chi connectivity index (χ0) is 26.7. The molecule has 6 aromatic rings. The van der Waals surface area contributed by atoms with E-state index >= 15 is 0 Å². The smallest absolute Gasteiger partial charge is 0.266 e. The Kier molecular flexibility index (Phi) is 5.53. The highest BCUT2D eigenvalue weighted by Gasteiger charge is 2.19. The molecule has 0 saturated carbocycles. The van der Waals surface area contributed by atoms with Gasteiger partial charge in [-0.2, -0.15) is 5.10 Å². The molecule has 0 aliphatic carbocycles. The van der Waals surface area contributed by atoms with Gasteiger partial charge in [0, 0.05) is 0 Å². The van der Waals surface area contributed by atoms with E-state index in [0.717, 1.165) is 39.1 Å². The monoisotopic (exact) mass is 498 g/mol. The highest BCUT2D eigenvalue weighted by Crippen LogP contribution is 2.29. The van der Waals surface area contributed by atoms with Crippen LogP contribution >= 0.6 is 0 Å². The Hall–Kier alpha value is -4.51. The van der Waals surface area contributed by atoms with Gasteiger partial charge in [0.15, 0.2) is 5.52 Å². The number of rotatable bonds is 3. The summed E-state index contributed by atoms with van der Waals surface area (Å²) in [5.41, 5.74) is 11.5. The molecule has 0 unspecified atom stereocenters. The van der Waals surface area contributed by atoms with Crippen molar-refractivity contribution in [3.05, 3.63) is 117 Å². The summed E-state index contributed by atoms with van der Waals surface area (Å²) in [7, 11) is 0. The van der Waals surface area contributed by atoms with Crippen LogP contribution < -0.4 is 5.56 Å². The maximum Gasteiger partial charge on any atom is 0.284 e. The van der Waals surface area contributed by atoms with E-state index < -0.39 is 0 Å². The summed E-state index contributed by atoms with van der Waals surface area (Å²) in [6, 6.07) is 23.3. The summed E-state index contributed by atoms with van der Waals surface area (Å²) in [5.74, 6) is 0. The Labute approximate surface area is 222 Å². The minimum atomic E-state index is -0.137. The Bertz CT molecular complexity index is 1960. The molecule has 0 bridgehead atoms. The van der Waals surface area contributed by atoms with Gasteiger partial charge in [0.25, 0.3) is 5.56 Å². The van der Waals surface area contributed by atoms with E-state index in [4.69, 9.17) is 10.1 Å². The summed E-state index contributed by atoms with van der Waals surface area (Å²) in [5, 5.41) is 7.10. The molecule has 0 atom stereocenters. The van der Waals surface area contributed by atoms with Crippen LogP contribution in [0, 0.1) is 41.5 Å². The second-order valence-electron chi connectivity index (χ2n) is 10.4. The van der Waals surface area contributed by atoms with Gasteiger partial charge in [0.2, 0.25) is 0 Å². The molecule has 188 valence electrons. The van der Waals surface area contributed by atoms with Crippen molar-refractivity contribution in [1.82, 2.24) is 19.3 Å². The predicted molar refractivity (Wildman–Crippen MR) is 156 cm³/mol. The number of fused-ring (bicyclic) bond motifs is 2. The quantitative estimate of drug-likeness (QED) is 0.258. The van der Waals surface area contributed by atoms with Crippen LogP contribution in [0.3, 0.4) is 0 Å². The molecule has 5 heteroatoms. The third-order valence-corrected chi connectivity index (χ3v) is 7.66. The van der Waals surface area contributed by atoms with E-state index in [1.165, 1.54) is 27.6 Å². The van der Waals surface area contributed by atoms with Crippen LogP contribution in [0.25, 0.3) is 44.3 Å². The zero-order valence-electron chi connectivity index (χ0n) is 22.6. The summed E-state index contributed by atoms with van der Waals surface area (Å²) in [4.78, 5) is 18.7. The molecular formula is C33H30N4O. The lowest BCUT2D eigenvalue weighted by atomic mass is 9.98. The Balaban J connectivity index is 1.54. The molecule has 0 saturated heterocycles. The van der Waals surface area contributed by atoms with Gasteiger partial charge in [-0.1, -0.05) is 42.5 Å². The molecule has 4 aromatic carbocycles. The topological polar surface area (TPSA) is 52.7 Å². The summed E-state index contributed by atoms with van der Waals surface area (Å²) in [6.07, 6.45) is 1.62. The fourth-order valence-corrected chi connectivity index (χ4v) is 5.39. The lowest BCUT2D eigenvalue weighted by Gasteiger charge is -2.14. The third-order valence-electron chi connectivity index (χ3n) is 7.66. The minimum absolute atomic E-state index is 0.137. The normalized spacial score (nSPS) is 11.5. The predicted octanol–water partition coefficient (Wildman–Crippen LogP) is 7.24. The Morgan fingerprint density at radius 1 is 0.658 bits per heavy atom. The number of hydrogen-bond acceptors (Lipinski definition) is 3. The fourth-order valence-electron chi connectivity index (χ4n) is 5.39. The second-order valence-corrected chi connectivity index (χ2v) is 10.4. The first-order chi connectivity index (χ1) is 18.2. The average molecular weight is 499 g/mol. The van der Waals surface area contributed by atoms with Gasteiger partial charge in [0.05, 0.1) is 17.1 Å². The molecule has 0 aliphatic heterocycles. The van der Waals surface area contributed by atoms with Crippen LogP contribution in [-0.4, -0.2) is 19.3 Å². The van der Waals surface area contributed by atoms with Gasteiger partial charge in [-0.25, -0.2) is 9.67 Å². The highest BCUT2D eigenvalue weighted by atomic mass is 16.1. The number of hydrogen-bond donors (Lipinski definition) is 0. The van der Waals surface area contributed by atoms with Crippen molar-refractivity contribution in [2.45, 2.75) is 41.5 Å². The van der Waals surface area contributed by atoms with Crippen LogP contribution in [0.5, 0.6) is 0 Å². The van der Waals surface area contributed by atoms with Gasteiger partial charge in [-0.05, 0) is 116 Å². The van der Waals surface area contributed by atoms with Crippen LogP contribution in [0.15, 0.2) is 77.9 Å². The van der Waals surface area contributed by atoms with Crippen molar-refractivity contribution in [2.75, 3.05) is 0 Å². The van der Waals surface area contributed by atoms with Crippen molar-refractivity contribution in [2.24, 2.45) is 0 Å². The average Bonchev–Trinajstić information content (AvgIpc) is 3.22. The van der Waals surface area contributed by atoms with Gasteiger partial charge in [0.1, 0.15) is 11.8 Å². The van der Waals surface area contributed by atoms with Crippen molar-refractivity contribution in [3.63, 3.8) is 0 Å². The maximum atomic E-state index is 14.0. The number of benzene rings is 4. The second kappa shape index (κ2) is 8.80. The van der Waals surface area contributed by atoms with Crippen LogP contribution in [0.4, 0.5) is 0 Å². The molecule has 0 spiro atoms. The summed E-state index contributed by atoms with van der Waals surface area (Å²) < 4.78 is 3.41. The number of aromatic nitrogens is 4. The van der Waals surface area contributed by atoms with Gasteiger partial charge in [-0.3, -0.25) is 9.36 Å². The van der Waals surface area contributed by atoms with Crippen molar-refractivity contribution < 1.29 is 0 Å².